The van der Waals surface area contributed by atoms with Gasteiger partial charge in [0, 0.05) is 31.1 Å². The summed E-state index contributed by atoms with van der Waals surface area (Å²) in [6.45, 7) is 1.55. The van der Waals surface area contributed by atoms with Gasteiger partial charge in [-0.25, -0.2) is 4.79 Å². The van der Waals surface area contributed by atoms with Crippen molar-refractivity contribution in [2.45, 2.75) is 25.8 Å². The van der Waals surface area contributed by atoms with Gasteiger partial charge < -0.3 is 15.3 Å². The lowest BCUT2D eigenvalue weighted by atomic mass is 9.95. The van der Waals surface area contributed by atoms with Gasteiger partial charge >= 0.3 is 12.0 Å². The molecule has 1 aromatic rings. The number of carboxylic acids is 1. The third-order valence-electron chi connectivity index (χ3n) is 3.66. The van der Waals surface area contributed by atoms with Crippen molar-refractivity contribution in [3.05, 3.63) is 34.9 Å². The number of carbonyl (C=O) groups excluding carboxylic acids is 1. The van der Waals surface area contributed by atoms with Crippen LogP contribution in [0.25, 0.3) is 0 Å². The van der Waals surface area contributed by atoms with Gasteiger partial charge in [-0.05, 0) is 30.4 Å². The molecule has 1 heterocycles. The van der Waals surface area contributed by atoms with E-state index in [1.54, 1.807) is 11.0 Å². The number of rotatable bonds is 4. The standard InChI is InChI=1S/C15H19ClN2O3/c16-13-6-2-1-5-12(13)9-17-15(21)18-7-3-4-11(10-18)8-14(19)20/h1-2,5-6,11H,3-4,7-10H2,(H,17,21)(H,19,20). The number of carboxylic acid groups (broad SMARTS) is 1. The summed E-state index contributed by atoms with van der Waals surface area (Å²) in [6.07, 6.45) is 1.83. The molecule has 2 N–H and O–H groups in total. The first-order valence-corrected chi connectivity index (χ1v) is 7.42. The molecule has 114 valence electrons. The smallest absolute Gasteiger partial charge is 0.317 e. The van der Waals surface area contributed by atoms with Crippen LogP contribution in [0.2, 0.25) is 5.02 Å². The largest absolute Gasteiger partial charge is 0.481 e. The van der Waals surface area contributed by atoms with Crippen LogP contribution in [-0.4, -0.2) is 35.1 Å². The first kappa shape index (κ1) is 15.6. The van der Waals surface area contributed by atoms with Gasteiger partial charge in [0.2, 0.25) is 0 Å². The summed E-state index contributed by atoms with van der Waals surface area (Å²) in [5.41, 5.74) is 0.867. The lowest BCUT2D eigenvalue weighted by Crippen LogP contribution is -2.45. The molecule has 0 aromatic heterocycles. The topological polar surface area (TPSA) is 69.6 Å². The average Bonchev–Trinajstić information content (AvgIpc) is 2.45. The third-order valence-corrected chi connectivity index (χ3v) is 4.03. The summed E-state index contributed by atoms with van der Waals surface area (Å²) in [5.74, 6) is -0.763. The molecule has 5 nitrogen and oxygen atoms in total. The monoisotopic (exact) mass is 310 g/mol. The Bertz CT molecular complexity index is 521. The highest BCUT2D eigenvalue weighted by Crippen LogP contribution is 2.20. The number of amides is 2. The molecular formula is C15H19ClN2O3. The number of carbonyl (C=O) groups is 2. The summed E-state index contributed by atoms with van der Waals surface area (Å²) >= 11 is 6.04. The number of urea groups is 1. The van der Waals surface area contributed by atoms with Crippen LogP contribution in [0.1, 0.15) is 24.8 Å². The van der Waals surface area contributed by atoms with Crippen LogP contribution in [0.4, 0.5) is 4.79 Å². The fourth-order valence-corrected chi connectivity index (χ4v) is 2.79. The van der Waals surface area contributed by atoms with Gasteiger partial charge in [0.1, 0.15) is 0 Å². The lowest BCUT2D eigenvalue weighted by Gasteiger charge is -2.32. The summed E-state index contributed by atoms with van der Waals surface area (Å²) in [7, 11) is 0. The van der Waals surface area contributed by atoms with E-state index < -0.39 is 5.97 Å². The van der Waals surface area contributed by atoms with Crippen molar-refractivity contribution in [2.24, 2.45) is 5.92 Å². The van der Waals surface area contributed by atoms with Gasteiger partial charge in [0.05, 0.1) is 0 Å². The van der Waals surface area contributed by atoms with E-state index in [0.717, 1.165) is 18.4 Å². The normalized spacial score (nSPS) is 18.3. The van der Waals surface area contributed by atoms with E-state index in [2.05, 4.69) is 5.32 Å². The number of nitrogens with one attached hydrogen (secondary N) is 1. The second kappa shape index (κ2) is 7.31. The summed E-state index contributed by atoms with van der Waals surface area (Å²) < 4.78 is 0. The molecule has 2 amide bonds. The Hall–Kier alpha value is -1.75. The summed E-state index contributed by atoms with van der Waals surface area (Å²) in [5, 5.41) is 12.3. The van der Waals surface area contributed by atoms with Crippen molar-refractivity contribution >= 4 is 23.6 Å². The van der Waals surface area contributed by atoms with Crippen molar-refractivity contribution in [2.75, 3.05) is 13.1 Å². The van der Waals surface area contributed by atoms with Crippen molar-refractivity contribution in [1.82, 2.24) is 10.2 Å². The fraction of sp³-hybridized carbons (Fsp3) is 0.467. The Balaban J connectivity index is 1.85. The molecule has 0 saturated carbocycles. The fourth-order valence-electron chi connectivity index (χ4n) is 2.59. The Morgan fingerprint density at radius 1 is 1.38 bits per heavy atom. The van der Waals surface area contributed by atoms with E-state index in [0.29, 0.717) is 24.7 Å². The quantitative estimate of drug-likeness (QED) is 0.898. The van der Waals surface area contributed by atoms with Crippen LogP contribution < -0.4 is 5.32 Å². The highest BCUT2D eigenvalue weighted by atomic mass is 35.5. The number of piperidine rings is 1. The van der Waals surface area contributed by atoms with Gasteiger partial charge in [-0.15, -0.1) is 0 Å². The van der Waals surface area contributed by atoms with Gasteiger partial charge in [0.25, 0.3) is 0 Å². The van der Waals surface area contributed by atoms with E-state index in [1.165, 1.54) is 0 Å². The molecular weight excluding hydrogens is 292 g/mol. The van der Waals surface area contributed by atoms with Crippen molar-refractivity contribution in [3.63, 3.8) is 0 Å². The van der Waals surface area contributed by atoms with Gasteiger partial charge in [-0.1, -0.05) is 29.8 Å². The molecule has 1 aliphatic rings. The van der Waals surface area contributed by atoms with Crippen LogP contribution in [0.3, 0.4) is 0 Å². The predicted octanol–water partition coefficient (Wildman–Crippen LogP) is 2.74. The molecule has 1 atom stereocenters. The maximum atomic E-state index is 12.1. The van der Waals surface area contributed by atoms with E-state index in [1.807, 2.05) is 18.2 Å². The van der Waals surface area contributed by atoms with Crippen LogP contribution in [0, 0.1) is 5.92 Å². The molecule has 6 heteroatoms. The second-order valence-electron chi connectivity index (χ2n) is 5.30. The molecule has 21 heavy (non-hydrogen) atoms. The number of halogens is 1. The van der Waals surface area contributed by atoms with Crippen LogP contribution in [0.5, 0.6) is 0 Å². The number of benzene rings is 1. The summed E-state index contributed by atoms with van der Waals surface area (Å²) in [4.78, 5) is 24.6. The minimum Gasteiger partial charge on any atom is -0.481 e. The molecule has 1 aromatic carbocycles. The van der Waals surface area contributed by atoms with E-state index in [4.69, 9.17) is 16.7 Å². The van der Waals surface area contributed by atoms with Crippen molar-refractivity contribution in [3.8, 4) is 0 Å². The molecule has 0 bridgehead atoms. The lowest BCUT2D eigenvalue weighted by molar-refractivity contribution is -0.138. The minimum absolute atomic E-state index is 0.0438. The van der Waals surface area contributed by atoms with Crippen LogP contribution in [0.15, 0.2) is 24.3 Å². The Morgan fingerprint density at radius 2 is 2.14 bits per heavy atom. The van der Waals surface area contributed by atoms with Crippen molar-refractivity contribution in [1.29, 1.82) is 0 Å². The second-order valence-corrected chi connectivity index (χ2v) is 5.71. The zero-order valence-electron chi connectivity index (χ0n) is 11.7. The minimum atomic E-state index is -0.807. The molecule has 1 fully saturated rings. The predicted molar refractivity (Wildman–Crippen MR) is 80.2 cm³/mol. The maximum Gasteiger partial charge on any atom is 0.317 e. The van der Waals surface area contributed by atoms with Crippen molar-refractivity contribution < 1.29 is 14.7 Å². The summed E-state index contributed by atoms with van der Waals surface area (Å²) in [6, 6.07) is 7.20. The molecule has 1 unspecified atom stereocenters. The highest BCUT2D eigenvalue weighted by Gasteiger charge is 2.25. The van der Waals surface area contributed by atoms with E-state index >= 15 is 0 Å². The van der Waals surface area contributed by atoms with E-state index in [-0.39, 0.29) is 18.4 Å². The van der Waals surface area contributed by atoms with Gasteiger partial charge in [-0.3, -0.25) is 4.79 Å². The molecule has 1 saturated heterocycles. The van der Waals surface area contributed by atoms with Crippen LogP contribution in [-0.2, 0) is 11.3 Å². The van der Waals surface area contributed by atoms with Crippen LogP contribution >= 0.6 is 11.6 Å². The van der Waals surface area contributed by atoms with Gasteiger partial charge in [0.15, 0.2) is 0 Å². The molecule has 0 spiro atoms. The Kier molecular flexibility index (Phi) is 5.44. The average molecular weight is 311 g/mol. The third kappa shape index (κ3) is 4.63. The Morgan fingerprint density at radius 3 is 2.86 bits per heavy atom. The van der Waals surface area contributed by atoms with E-state index in [9.17, 15) is 9.59 Å². The zero-order valence-corrected chi connectivity index (χ0v) is 12.5. The number of nitrogens with zero attached hydrogens (tertiary/aromatic N) is 1. The first-order valence-electron chi connectivity index (χ1n) is 7.04. The number of aliphatic carboxylic acids is 1. The Labute approximate surface area is 128 Å². The zero-order chi connectivity index (χ0) is 15.2. The number of hydrogen-bond donors (Lipinski definition) is 2. The number of hydrogen-bond acceptors (Lipinski definition) is 2. The highest BCUT2D eigenvalue weighted by molar-refractivity contribution is 6.31. The molecule has 0 aliphatic carbocycles. The molecule has 1 aliphatic heterocycles. The maximum absolute atomic E-state index is 12.1. The SMILES string of the molecule is O=C(O)CC1CCCN(C(=O)NCc2ccccc2Cl)C1. The number of likely N-dealkylation sites (tertiary alicyclic amines) is 1. The first-order chi connectivity index (χ1) is 10.1. The molecule has 0 radical (unpaired) electrons. The van der Waals surface area contributed by atoms with Gasteiger partial charge in [-0.2, -0.15) is 0 Å². The molecule has 2 rings (SSSR count).